The fraction of sp³-hybridized carbons (Fsp3) is 0.857. The molecule has 0 N–H and O–H groups in total. The van der Waals surface area contributed by atoms with Gasteiger partial charge in [-0.1, -0.05) is 13.3 Å². The van der Waals surface area contributed by atoms with Crippen molar-refractivity contribution in [3.63, 3.8) is 0 Å². The zero-order valence-corrected chi connectivity index (χ0v) is 6.50. The van der Waals surface area contributed by atoms with Crippen molar-refractivity contribution in [2.45, 2.75) is 33.0 Å². The molecule has 0 aliphatic carbocycles. The van der Waals surface area contributed by atoms with E-state index < -0.39 is 0 Å². The monoisotopic (exact) mass is 146 g/mol. The maximum Gasteiger partial charge on any atom is 0.295 e. The number of ether oxygens (including phenoxy) is 2. The van der Waals surface area contributed by atoms with Crippen LogP contribution in [0.3, 0.4) is 0 Å². The lowest BCUT2D eigenvalue weighted by Gasteiger charge is -2.12. The number of carbonyl (C=O) groups excluding carboxylic acids is 1. The summed E-state index contributed by atoms with van der Waals surface area (Å²) in [5, 5.41) is 0. The fourth-order valence-corrected chi connectivity index (χ4v) is 0.674. The predicted molar refractivity (Wildman–Crippen MR) is 37.5 cm³/mol. The average Bonchev–Trinajstić information content (AvgIpc) is 1.90. The number of hydrogen-bond acceptors (Lipinski definition) is 3. The molecule has 0 amide bonds. The lowest BCUT2D eigenvalue weighted by molar-refractivity contribution is -0.164. The van der Waals surface area contributed by atoms with Crippen LogP contribution >= 0.6 is 0 Å². The summed E-state index contributed by atoms with van der Waals surface area (Å²) in [4.78, 5) is 9.86. The lowest BCUT2D eigenvalue weighted by Crippen LogP contribution is -2.15. The minimum Gasteiger partial charge on any atom is -0.438 e. The average molecular weight is 146 g/mol. The molecule has 0 rings (SSSR count). The molecule has 60 valence electrons. The minimum atomic E-state index is -0.340. The van der Waals surface area contributed by atoms with Gasteiger partial charge in [0.25, 0.3) is 6.47 Å². The molecule has 0 aliphatic rings. The molecule has 3 nitrogen and oxygen atoms in total. The van der Waals surface area contributed by atoms with Crippen LogP contribution in [0, 0.1) is 0 Å². The van der Waals surface area contributed by atoms with Crippen molar-refractivity contribution in [2.24, 2.45) is 0 Å². The van der Waals surface area contributed by atoms with E-state index in [4.69, 9.17) is 4.74 Å². The molecule has 0 saturated carbocycles. The summed E-state index contributed by atoms with van der Waals surface area (Å²) in [6.07, 6.45) is 1.39. The highest BCUT2D eigenvalue weighted by Gasteiger charge is 2.04. The van der Waals surface area contributed by atoms with Crippen molar-refractivity contribution in [3.8, 4) is 0 Å². The van der Waals surface area contributed by atoms with Gasteiger partial charge in [-0.25, -0.2) is 0 Å². The van der Waals surface area contributed by atoms with Crippen LogP contribution in [0.2, 0.25) is 0 Å². The summed E-state index contributed by atoms with van der Waals surface area (Å²) in [6, 6.07) is 0. The second-order valence-corrected chi connectivity index (χ2v) is 1.91. The molecule has 0 aromatic carbocycles. The quantitative estimate of drug-likeness (QED) is 0.419. The van der Waals surface area contributed by atoms with Crippen LogP contribution in [0.25, 0.3) is 0 Å². The topological polar surface area (TPSA) is 35.5 Å². The van der Waals surface area contributed by atoms with Gasteiger partial charge >= 0.3 is 0 Å². The Morgan fingerprint density at radius 1 is 1.50 bits per heavy atom. The summed E-state index contributed by atoms with van der Waals surface area (Å²) >= 11 is 0. The number of carbonyl (C=O) groups is 1. The maximum absolute atomic E-state index is 9.86. The van der Waals surface area contributed by atoms with E-state index in [1.54, 1.807) is 0 Å². The Hall–Kier alpha value is -0.570. The minimum absolute atomic E-state index is 0.340. The summed E-state index contributed by atoms with van der Waals surface area (Å²) < 4.78 is 9.69. The predicted octanol–water partition coefficient (Wildman–Crippen LogP) is 1.32. The zero-order chi connectivity index (χ0) is 7.82. The van der Waals surface area contributed by atoms with Crippen LogP contribution < -0.4 is 0 Å². The van der Waals surface area contributed by atoms with E-state index in [9.17, 15) is 4.79 Å². The van der Waals surface area contributed by atoms with E-state index in [0.29, 0.717) is 13.1 Å². The van der Waals surface area contributed by atoms with Crippen molar-refractivity contribution < 1.29 is 14.3 Å². The van der Waals surface area contributed by atoms with Crippen LogP contribution in [-0.2, 0) is 14.3 Å². The second-order valence-electron chi connectivity index (χ2n) is 1.91. The van der Waals surface area contributed by atoms with Gasteiger partial charge in [0, 0.05) is 13.0 Å². The van der Waals surface area contributed by atoms with Gasteiger partial charge in [-0.2, -0.15) is 0 Å². The van der Waals surface area contributed by atoms with Crippen molar-refractivity contribution in [1.82, 2.24) is 0 Å². The zero-order valence-electron chi connectivity index (χ0n) is 6.50. The van der Waals surface area contributed by atoms with Crippen LogP contribution in [0.1, 0.15) is 26.7 Å². The Balaban J connectivity index is 3.38. The Morgan fingerprint density at radius 3 is 2.60 bits per heavy atom. The number of rotatable bonds is 6. The van der Waals surface area contributed by atoms with Crippen LogP contribution in [0.5, 0.6) is 0 Å². The van der Waals surface area contributed by atoms with Gasteiger partial charge in [-0.15, -0.1) is 0 Å². The second kappa shape index (κ2) is 6.55. The van der Waals surface area contributed by atoms with Crippen LogP contribution in [0.15, 0.2) is 0 Å². The van der Waals surface area contributed by atoms with E-state index in [1.807, 2.05) is 13.8 Å². The third-order valence-electron chi connectivity index (χ3n) is 1.08. The molecule has 0 aliphatic heterocycles. The lowest BCUT2D eigenvalue weighted by atomic mass is 10.3. The molecule has 0 radical (unpaired) electrons. The first-order valence-electron chi connectivity index (χ1n) is 3.55. The number of hydrogen-bond donors (Lipinski definition) is 0. The van der Waals surface area contributed by atoms with Crippen molar-refractivity contribution in [1.29, 1.82) is 0 Å². The van der Waals surface area contributed by atoms with E-state index in [1.165, 1.54) is 0 Å². The molecule has 0 bridgehead atoms. The van der Waals surface area contributed by atoms with Gasteiger partial charge in [0.2, 0.25) is 6.29 Å². The van der Waals surface area contributed by atoms with Gasteiger partial charge in [0.05, 0.1) is 0 Å². The molecule has 0 heterocycles. The van der Waals surface area contributed by atoms with Gasteiger partial charge in [0.15, 0.2) is 0 Å². The Morgan fingerprint density at radius 2 is 2.20 bits per heavy atom. The van der Waals surface area contributed by atoms with E-state index in [-0.39, 0.29) is 6.29 Å². The smallest absolute Gasteiger partial charge is 0.295 e. The molecule has 0 aromatic heterocycles. The highest BCUT2D eigenvalue weighted by Crippen LogP contribution is 2.01. The SMILES string of the molecule is CCCC(OC=O)OCC. The molecule has 0 aromatic rings. The van der Waals surface area contributed by atoms with Gasteiger partial charge in [-0.3, -0.25) is 4.79 Å². The largest absolute Gasteiger partial charge is 0.438 e. The van der Waals surface area contributed by atoms with E-state index >= 15 is 0 Å². The van der Waals surface area contributed by atoms with E-state index in [0.717, 1.165) is 12.8 Å². The van der Waals surface area contributed by atoms with Crippen molar-refractivity contribution in [2.75, 3.05) is 6.61 Å². The molecule has 1 atom stereocenters. The summed E-state index contributed by atoms with van der Waals surface area (Å²) in [5.74, 6) is 0. The first kappa shape index (κ1) is 9.43. The van der Waals surface area contributed by atoms with Crippen molar-refractivity contribution in [3.05, 3.63) is 0 Å². The molecule has 0 saturated heterocycles. The Kier molecular flexibility index (Phi) is 6.18. The molecule has 3 heteroatoms. The van der Waals surface area contributed by atoms with Gasteiger partial charge < -0.3 is 9.47 Å². The summed E-state index contributed by atoms with van der Waals surface area (Å²) in [7, 11) is 0. The normalized spacial score (nSPS) is 12.6. The summed E-state index contributed by atoms with van der Waals surface area (Å²) in [5.41, 5.74) is 0. The fourth-order valence-electron chi connectivity index (χ4n) is 0.674. The first-order chi connectivity index (χ1) is 4.85. The molecule has 0 spiro atoms. The van der Waals surface area contributed by atoms with Gasteiger partial charge in [-0.05, 0) is 6.92 Å². The molecular formula is C7H14O3. The highest BCUT2D eigenvalue weighted by molar-refractivity contribution is 5.37. The molecular weight excluding hydrogens is 132 g/mol. The van der Waals surface area contributed by atoms with Crippen LogP contribution in [0.4, 0.5) is 0 Å². The highest BCUT2D eigenvalue weighted by atomic mass is 16.7. The van der Waals surface area contributed by atoms with Crippen LogP contribution in [-0.4, -0.2) is 19.4 Å². The molecule has 10 heavy (non-hydrogen) atoms. The first-order valence-corrected chi connectivity index (χ1v) is 3.55. The standard InChI is InChI=1S/C7H14O3/c1-3-5-7(9-4-2)10-6-8/h6-7H,3-5H2,1-2H3. The Labute approximate surface area is 61.3 Å². The molecule has 1 unspecified atom stereocenters. The van der Waals surface area contributed by atoms with Crippen molar-refractivity contribution >= 4 is 6.47 Å². The Bertz CT molecular complexity index is 76.9. The maximum atomic E-state index is 9.86. The summed E-state index contributed by atoms with van der Waals surface area (Å²) in [6.45, 7) is 4.89. The third-order valence-corrected chi connectivity index (χ3v) is 1.08. The molecule has 0 fully saturated rings. The third kappa shape index (κ3) is 4.32. The van der Waals surface area contributed by atoms with E-state index in [2.05, 4.69) is 4.74 Å². The van der Waals surface area contributed by atoms with Gasteiger partial charge in [0.1, 0.15) is 0 Å².